The molecule has 0 heterocycles. The second-order valence-electron chi connectivity index (χ2n) is 4.96. The van der Waals surface area contributed by atoms with Gasteiger partial charge in [0.15, 0.2) is 0 Å². The van der Waals surface area contributed by atoms with Crippen LogP contribution in [0, 0.1) is 0 Å². The zero-order valence-electron chi connectivity index (χ0n) is 12.3. The molecule has 0 aliphatic rings. The molecule has 110 valence electrons. The summed E-state index contributed by atoms with van der Waals surface area (Å²) in [4.78, 5) is 13.8. The third kappa shape index (κ3) is 3.99. The molecule has 0 aromatic heterocycles. The maximum Gasteiger partial charge on any atom is 0.321 e. The van der Waals surface area contributed by atoms with Gasteiger partial charge in [0.1, 0.15) is 5.75 Å². The Morgan fingerprint density at radius 1 is 1.14 bits per heavy atom. The van der Waals surface area contributed by atoms with Gasteiger partial charge in [-0.25, -0.2) is 4.79 Å². The van der Waals surface area contributed by atoms with Crippen LogP contribution >= 0.6 is 0 Å². The van der Waals surface area contributed by atoms with Crippen LogP contribution in [0.3, 0.4) is 0 Å². The fourth-order valence-corrected chi connectivity index (χ4v) is 2.11. The number of benzene rings is 2. The molecule has 0 radical (unpaired) electrons. The van der Waals surface area contributed by atoms with Crippen LogP contribution in [0.1, 0.15) is 18.1 Å². The first-order valence-corrected chi connectivity index (χ1v) is 6.98. The highest BCUT2D eigenvalue weighted by atomic mass is 16.3. The molecule has 4 heteroatoms. The standard InChI is InChI=1S/C17H20N2O2/c1-3-14-6-4-5-7-16(14)18-17(21)19(2)12-13-8-10-15(20)11-9-13/h4-11,20H,3,12H2,1-2H3,(H,18,21). The fraction of sp³-hybridized carbons (Fsp3) is 0.235. The number of amides is 2. The molecule has 21 heavy (non-hydrogen) atoms. The van der Waals surface area contributed by atoms with Crippen molar-refractivity contribution in [3.05, 3.63) is 59.7 Å². The van der Waals surface area contributed by atoms with E-state index in [2.05, 4.69) is 12.2 Å². The number of para-hydroxylation sites is 1. The van der Waals surface area contributed by atoms with Gasteiger partial charge in [0.05, 0.1) is 0 Å². The van der Waals surface area contributed by atoms with Crippen LogP contribution < -0.4 is 5.32 Å². The molecule has 0 saturated heterocycles. The van der Waals surface area contributed by atoms with Crippen LogP contribution in [0.25, 0.3) is 0 Å². The van der Waals surface area contributed by atoms with Crippen molar-refractivity contribution >= 4 is 11.7 Å². The fourth-order valence-electron chi connectivity index (χ4n) is 2.11. The lowest BCUT2D eigenvalue weighted by Gasteiger charge is -2.19. The lowest BCUT2D eigenvalue weighted by molar-refractivity contribution is 0.220. The Bertz CT molecular complexity index is 608. The minimum atomic E-state index is -0.149. The number of hydrogen-bond donors (Lipinski definition) is 2. The highest BCUT2D eigenvalue weighted by Crippen LogP contribution is 2.16. The van der Waals surface area contributed by atoms with Crippen molar-refractivity contribution in [1.82, 2.24) is 4.90 Å². The number of phenolic OH excluding ortho intramolecular Hbond substituents is 1. The lowest BCUT2D eigenvalue weighted by Crippen LogP contribution is -2.31. The van der Waals surface area contributed by atoms with E-state index < -0.39 is 0 Å². The van der Waals surface area contributed by atoms with Gasteiger partial charge in [0, 0.05) is 19.3 Å². The lowest BCUT2D eigenvalue weighted by atomic mass is 10.1. The largest absolute Gasteiger partial charge is 0.508 e. The number of nitrogens with one attached hydrogen (secondary N) is 1. The van der Waals surface area contributed by atoms with Gasteiger partial charge in [-0.1, -0.05) is 37.3 Å². The van der Waals surface area contributed by atoms with Crippen molar-refractivity contribution in [2.45, 2.75) is 19.9 Å². The van der Waals surface area contributed by atoms with E-state index in [1.165, 1.54) is 0 Å². The predicted octanol–water partition coefficient (Wildman–Crippen LogP) is 3.62. The summed E-state index contributed by atoms with van der Waals surface area (Å²) in [5, 5.41) is 12.2. The second kappa shape index (κ2) is 6.79. The van der Waals surface area contributed by atoms with Crippen LogP contribution in [-0.2, 0) is 13.0 Å². The minimum Gasteiger partial charge on any atom is -0.508 e. The van der Waals surface area contributed by atoms with Gasteiger partial charge in [-0.05, 0) is 35.7 Å². The van der Waals surface area contributed by atoms with Crippen LogP contribution in [0.2, 0.25) is 0 Å². The summed E-state index contributed by atoms with van der Waals surface area (Å²) in [5.74, 6) is 0.225. The summed E-state index contributed by atoms with van der Waals surface area (Å²) in [6, 6.07) is 14.5. The number of phenols is 1. The van der Waals surface area contributed by atoms with Gasteiger partial charge in [-0.2, -0.15) is 0 Å². The van der Waals surface area contributed by atoms with Gasteiger partial charge in [0.2, 0.25) is 0 Å². The van der Waals surface area contributed by atoms with E-state index in [4.69, 9.17) is 0 Å². The monoisotopic (exact) mass is 284 g/mol. The number of urea groups is 1. The predicted molar refractivity (Wildman–Crippen MR) is 84.4 cm³/mol. The van der Waals surface area contributed by atoms with Crippen molar-refractivity contribution in [2.75, 3.05) is 12.4 Å². The van der Waals surface area contributed by atoms with E-state index in [-0.39, 0.29) is 11.8 Å². The van der Waals surface area contributed by atoms with E-state index in [1.54, 1.807) is 36.2 Å². The quantitative estimate of drug-likeness (QED) is 0.901. The molecule has 0 fully saturated rings. The molecule has 2 amide bonds. The smallest absolute Gasteiger partial charge is 0.321 e. The molecular formula is C17H20N2O2. The van der Waals surface area contributed by atoms with Gasteiger partial charge >= 0.3 is 6.03 Å². The third-order valence-electron chi connectivity index (χ3n) is 3.34. The number of carbonyl (C=O) groups excluding carboxylic acids is 1. The van der Waals surface area contributed by atoms with Crippen molar-refractivity contribution in [3.8, 4) is 5.75 Å². The average molecular weight is 284 g/mol. The first kappa shape index (κ1) is 14.9. The molecule has 2 aromatic carbocycles. The Hall–Kier alpha value is -2.49. The molecule has 2 rings (SSSR count). The third-order valence-corrected chi connectivity index (χ3v) is 3.34. The zero-order chi connectivity index (χ0) is 15.2. The number of carbonyl (C=O) groups is 1. The molecule has 2 aromatic rings. The normalized spacial score (nSPS) is 10.2. The molecule has 0 saturated carbocycles. The highest BCUT2D eigenvalue weighted by Gasteiger charge is 2.11. The molecule has 4 nitrogen and oxygen atoms in total. The second-order valence-corrected chi connectivity index (χ2v) is 4.96. The first-order chi connectivity index (χ1) is 10.1. The summed E-state index contributed by atoms with van der Waals surface area (Å²) in [6.45, 7) is 2.55. The van der Waals surface area contributed by atoms with Crippen LogP contribution in [0.4, 0.5) is 10.5 Å². The van der Waals surface area contributed by atoms with E-state index in [1.807, 2.05) is 24.3 Å². The van der Waals surface area contributed by atoms with Crippen LogP contribution in [-0.4, -0.2) is 23.1 Å². The van der Waals surface area contributed by atoms with Crippen molar-refractivity contribution < 1.29 is 9.90 Å². The molecule has 0 aliphatic carbocycles. The number of hydrogen-bond acceptors (Lipinski definition) is 2. The van der Waals surface area contributed by atoms with E-state index in [0.29, 0.717) is 6.54 Å². The Balaban J connectivity index is 2.01. The molecule has 0 atom stereocenters. The Morgan fingerprint density at radius 3 is 2.48 bits per heavy atom. The van der Waals surface area contributed by atoms with Gasteiger partial charge < -0.3 is 15.3 Å². The molecule has 0 bridgehead atoms. The van der Waals surface area contributed by atoms with E-state index >= 15 is 0 Å². The summed E-state index contributed by atoms with van der Waals surface area (Å²) >= 11 is 0. The van der Waals surface area contributed by atoms with Crippen molar-refractivity contribution in [2.24, 2.45) is 0 Å². The summed E-state index contributed by atoms with van der Waals surface area (Å²) in [5.41, 5.74) is 2.93. The van der Waals surface area contributed by atoms with Gasteiger partial charge in [-0.3, -0.25) is 0 Å². The Kier molecular flexibility index (Phi) is 4.82. The maximum absolute atomic E-state index is 12.2. The van der Waals surface area contributed by atoms with Crippen LogP contribution in [0.15, 0.2) is 48.5 Å². The zero-order valence-corrected chi connectivity index (χ0v) is 12.3. The Labute approximate surface area is 125 Å². The van der Waals surface area contributed by atoms with Gasteiger partial charge in [-0.15, -0.1) is 0 Å². The van der Waals surface area contributed by atoms with E-state index in [9.17, 15) is 9.90 Å². The Morgan fingerprint density at radius 2 is 1.81 bits per heavy atom. The van der Waals surface area contributed by atoms with E-state index in [0.717, 1.165) is 23.2 Å². The summed E-state index contributed by atoms with van der Waals surface area (Å²) in [7, 11) is 1.75. The number of aryl methyl sites for hydroxylation is 1. The molecular weight excluding hydrogens is 264 g/mol. The molecule has 0 aliphatic heterocycles. The highest BCUT2D eigenvalue weighted by molar-refractivity contribution is 5.89. The van der Waals surface area contributed by atoms with Crippen molar-refractivity contribution in [1.29, 1.82) is 0 Å². The number of anilines is 1. The molecule has 0 unspecified atom stereocenters. The summed E-state index contributed by atoms with van der Waals surface area (Å²) in [6.07, 6.45) is 0.873. The molecule has 2 N–H and O–H groups in total. The minimum absolute atomic E-state index is 0.149. The van der Waals surface area contributed by atoms with Crippen molar-refractivity contribution in [3.63, 3.8) is 0 Å². The summed E-state index contributed by atoms with van der Waals surface area (Å²) < 4.78 is 0. The topological polar surface area (TPSA) is 52.6 Å². The first-order valence-electron chi connectivity index (χ1n) is 6.98. The number of nitrogens with zero attached hydrogens (tertiary/aromatic N) is 1. The number of aromatic hydroxyl groups is 1. The SMILES string of the molecule is CCc1ccccc1NC(=O)N(C)Cc1ccc(O)cc1. The maximum atomic E-state index is 12.2. The molecule has 0 spiro atoms. The number of rotatable bonds is 4. The average Bonchev–Trinajstić information content (AvgIpc) is 2.50. The van der Waals surface area contributed by atoms with Crippen LogP contribution in [0.5, 0.6) is 5.75 Å². The van der Waals surface area contributed by atoms with Gasteiger partial charge in [0.25, 0.3) is 0 Å².